The van der Waals surface area contributed by atoms with Crippen LogP contribution in [0.15, 0.2) is 29.2 Å². The van der Waals surface area contributed by atoms with E-state index in [2.05, 4.69) is 10.0 Å². The minimum absolute atomic E-state index is 0.329. The summed E-state index contributed by atoms with van der Waals surface area (Å²) in [4.78, 5) is 0.329. The molecule has 116 valence electrons. The number of rotatable bonds is 8. The van der Waals surface area contributed by atoms with Crippen molar-refractivity contribution in [3.8, 4) is 0 Å². The quantitative estimate of drug-likeness (QED) is 0.776. The van der Waals surface area contributed by atoms with Gasteiger partial charge in [-0.1, -0.05) is 6.92 Å². The van der Waals surface area contributed by atoms with Crippen molar-refractivity contribution in [2.45, 2.75) is 37.5 Å². The minimum atomic E-state index is -3.34. The highest BCUT2D eigenvalue weighted by molar-refractivity contribution is 7.89. The number of anilines is 1. The van der Waals surface area contributed by atoms with Crippen molar-refractivity contribution in [1.29, 1.82) is 0 Å². The highest BCUT2D eigenvalue weighted by Gasteiger charge is 2.40. The van der Waals surface area contributed by atoms with E-state index in [-0.39, 0.29) is 0 Å². The lowest BCUT2D eigenvalue weighted by Crippen LogP contribution is -2.23. The lowest BCUT2D eigenvalue weighted by atomic mass is 9.98. The van der Waals surface area contributed by atoms with Crippen molar-refractivity contribution in [2.24, 2.45) is 17.8 Å². The van der Waals surface area contributed by atoms with Gasteiger partial charge >= 0.3 is 0 Å². The van der Waals surface area contributed by atoms with Crippen molar-refractivity contribution >= 4 is 15.7 Å². The second kappa shape index (κ2) is 5.97. The van der Waals surface area contributed by atoms with Gasteiger partial charge in [-0.25, -0.2) is 13.1 Å². The summed E-state index contributed by atoms with van der Waals surface area (Å²) in [6, 6.07) is 7.06. The second-order valence-electron chi connectivity index (χ2n) is 6.25. The highest BCUT2D eigenvalue weighted by Crippen LogP contribution is 2.49. The van der Waals surface area contributed by atoms with E-state index >= 15 is 0 Å². The Morgan fingerprint density at radius 3 is 2.14 bits per heavy atom. The minimum Gasteiger partial charge on any atom is -0.385 e. The van der Waals surface area contributed by atoms with Gasteiger partial charge in [-0.2, -0.15) is 0 Å². The average Bonchev–Trinajstić information content (AvgIpc) is 3.34. The summed E-state index contributed by atoms with van der Waals surface area (Å²) < 4.78 is 26.3. The summed E-state index contributed by atoms with van der Waals surface area (Å²) >= 11 is 0. The lowest BCUT2D eigenvalue weighted by Gasteiger charge is -2.17. The molecule has 0 heterocycles. The molecule has 0 aromatic heterocycles. The first-order valence-electron chi connectivity index (χ1n) is 7.94. The van der Waals surface area contributed by atoms with Crippen LogP contribution in [0.3, 0.4) is 0 Å². The molecule has 2 N–H and O–H groups in total. The van der Waals surface area contributed by atoms with Gasteiger partial charge in [-0.3, -0.25) is 0 Å². The Balaban J connectivity index is 1.59. The molecule has 1 aromatic rings. The van der Waals surface area contributed by atoms with Crippen molar-refractivity contribution in [3.63, 3.8) is 0 Å². The number of hydrogen-bond acceptors (Lipinski definition) is 3. The van der Waals surface area contributed by atoms with Gasteiger partial charge in [-0.15, -0.1) is 0 Å². The summed E-state index contributed by atoms with van der Waals surface area (Å²) in [5.74, 6) is 2.67. The molecule has 2 aliphatic carbocycles. The molecule has 2 fully saturated rings. The van der Waals surface area contributed by atoms with E-state index in [0.717, 1.165) is 30.0 Å². The summed E-state index contributed by atoms with van der Waals surface area (Å²) in [5.41, 5.74) is 1.01. The van der Waals surface area contributed by atoms with Crippen molar-refractivity contribution in [1.82, 2.24) is 4.72 Å². The van der Waals surface area contributed by atoms with E-state index in [1.807, 2.05) is 12.1 Å². The summed E-state index contributed by atoms with van der Waals surface area (Å²) in [6.07, 6.45) is 5.57. The molecule has 0 spiro atoms. The van der Waals surface area contributed by atoms with Crippen LogP contribution in [0.5, 0.6) is 0 Å². The third kappa shape index (κ3) is 3.77. The second-order valence-corrected chi connectivity index (χ2v) is 8.01. The van der Waals surface area contributed by atoms with Gasteiger partial charge in [0.05, 0.1) is 4.90 Å². The van der Waals surface area contributed by atoms with E-state index < -0.39 is 10.0 Å². The number of benzene rings is 1. The molecule has 4 nitrogen and oxygen atoms in total. The molecule has 5 heteroatoms. The third-order valence-corrected chi connectivity index (χ3v) is 6.06. The molecule has 0 unspecified atom stereocenters. The predicted octanol–water partition coefficient (Wildman–Crippen LogP) is 2.83. The molecule has 0 amide bonds. The molecule has 3 rings (SSSR count). The zero-order valence-electron chi connectivity index (χ0n) is 12.5. The van der Waals surface area contributed by atoms with Crippen LogP contribution in [0.2, 0.25) is 0 Å². The van der Waals surface area contributed by atoms with Crippen LogP contribution < -0.4 is 10.0 Å². The molecular weight excluding hydrogens is 284 g/mol. The largest absolute Gasteiger partial charge is 0.385 e. The first-order valence-corrected chi connectivity index (χ1v) is 9.42. The molecule has 2 aliphatic rings. The average molecular weight is 308 g/mol. The van der Waals surface area contributed by atoms with Gasteiger partial charge in [-0.05, 0) is 67.7 Å². The molecule has 1 aromatic carbocycles. The molecular formula is C16H24N2O2S. The fraction of sp³-hybridized carbons (Fsp3) is 0.625. The Morgan fingerprint density at radius 2 is 1.67 bits per heavy atom. The monoisotopic (exact) mass is 308 g/mol. The topological polar surface area (TPSA) is 58.2 Å². The van der Waals surface area contributed by atoms with Gasteiger partial charge in [0, 0.05) is 18.8 Å². The lowest BCUT2D eigenvalue weighted by molar-refractivity contribution is 0.428. The van der Waals surface area contributed by atoms with E-state index in [4.69, 9.17) is 0 Å². The Morgan fingerprint density at radius 1 is 1.10 bits per heavy atom. The van der Waals surface area contributed by atoms with E-state index in [1.54, 1.807) is 19.1 Å². The number of nitrogens with one attached hydrogen (secondary N) is 2. The third-order valence-electron chi connectivity index (χ3n) is 4.50. The van der Waals surface area contributed by atoms with Crippen LogP contribution in [0, 0.1) is 17.8 Å². The highest BCUT2D eigenvalue weighted by atomic mass is 32.2. The maximum atomic E-state index is 11.9. The van der Waals surface area contributed by atoms with Crippen LogP contribution in [-0.2, 0) is 10.0 Å². The zero-order valence-corrected chi connectivity index (χ0v) is 13.3. The van der Waals surface area contributed by atoms with Crippen molar-refractivity contribution < 1.29 is 8.42 Å². The van der Waals surface area contributed by atoms with Gasteiger partial charge in [0.1, 0.15) is 0 Å². The van der Waals surface area contributed by atoms with E-state index in [9.17, 15) is 8.42 Å². The predicted molar refractivity (Wildman–Crippen MR) is 84.7 cm³/mol. The fourth-order valence-electron chi connectivity index (χ4n) is 3.03. The normalized spacial score (nSPS) is 19.0. The molecule has 0 atom stereocenters. The standard InChI is InChI=1S/C16H24N2O2S/c1-2-18-21(19,20)15-9-7-14(8-10-15)17-11-16(12-3-4-12)13-5-6-13/h7-10,12-13,16-18H,2-6,11H2,1H3. The van der Waals surface area contributed by atoms with Crippen molar-refractivity contribution in [3.05, 3.63) is 24.3 Å². The van der Waals surface area contributed by atoms with Crippen LogP contribution >= 0.6 is 0 Å². The van der Waals surface area contributed by atoms with Gasteiger partial charge < -0.3 is 5.32 Å². The van der Waals surface area contributed by atoms with Crippen LogP contribution in [0.4, 0.5) is 5.69 Å². The van der Waals surface area contributed by atoms with Gasteiger partial charge in [0.25, 0.3) is 0 Å². The molecule has 2 saturated carbocycles. The Kier molecular flexibility index (Phi) is 4.22. The molecule has 0 bridgehead atoms. The van der Waals surface area contributed by atoms with Crippen LogP contribution in [0.25, 0.3) is 0 Å². The zero-order chi connectivity index (χ0) is 14.9. The summed E-state index contributed by atoms with van der Waals surface area (Å²) in [6.45, 7) is 3.21. The first-order chi connectivity index (χ1) is 10.1. The fourth-order valence-corrected chi connectivity index (χ4v) is 4.07. The van der Waals surface area contributed by atoms with Crippen molar-refractivity contribution in [2.75, 3.05) is 18.4 Å². The summed E-state index contributed by atoms with van der Waals surface area (Å²) in [7, 11) is -3.34. The first kappa shape index (κ1) is 14.9. The number of sulfonamides is 1. The summed E-state index contributed by atoms with van der Waals surface area (Å²) in [5, 5.41) is 3.48. The Hall–Kier alpha value is -1.07. The van der Waals surface area contributed by atoms with E-state index in [0.29, 0.717) is 11.4 Å². The van der Waals surface area contributed by atoms with E-state index in [1.165, 1.54) is 25.7 Å². The Bertz CT molecular complexity index is 563. The maximum absolute atomic E-state index is 11.9. The smallest absolute Gasteiger partial charge is 0.240 e. The maximum Gasteiger partial charge on any atom is 0.240 e. The van der Waals surface area contributed by atoms with Crippen LogP contribution in [-0.4, -0.2) is 21.5 Å². The number of hydrogen-bond donors (Lipinski definition) is 2. The molecule has 0 aliphatic heterocycles. The van der Waals surface area contributed by atoms with Gasteiger partial charge in [0.2, 0.25) is 10.0 Å². The van der Waals surface area contributed by atoms with Crippen LogP contribution in [0.1, 0.15) is 32.6 Å². The molecule has 0 saturated heterocycles. The SMILES string of the molecule is CCNS(=O)(=O)c1ccc(NCC(C2CC2)C2CC2)cc1. The molecule has 0 radical (unpaired) electrons. The Labute approximate surface area is 127 Å². The molecule has 21 heavy (non-hydrogen) atoms. The van der Waals surface area contributed by atoms with Gasteiger partial charge in [0.15, 0.2) is 0 Å².